The Balaban J connectivity index is 2.28. The van der Waals surface area contributed by atoms with Gasteiger partial charge in [-0.25, -0.2) is 0 Å². The van der Waals surface area contributed by atoms with Crippen molar-refractivity contribution in [3.63, 3.8) is 0 Å². The molecule has 2 aromatic rings. The molecule has 98 valence electrons. The number of carbonyl (C=O) groups is 1. The van der Waals surface area contributed by atoms with Crippen LogP contribution in [0, 0.1) is 6.92 Å². The lowest BCUT2D eigenvalue weighted by molar-refractivity contribution is 0.102. The first-order chi connectivity index (χ1) is 8.97. The smallest absolute Gasteiger partial charge is 0.257 e. The molecule has 0 atom stereocenters. The van der Waals surface area contributed by atoms with Crippen LogP contribution in [0.25, 0.3) is 0 Å². The number of halogens is 2. The van der Waals surface area contributed by atoms with Crippen LogP contribution in [-0.4, -0.2) is 5.91 Å². The third kappa shape index (κ3) is 3.28. The van der Waals surface area contributed by atoms with E-state index in [4.69, 9.17) is 17.3 Å². The average molecular weight is 340 g/mol. The molecular weight excluding hydrogens is 328 g/mol. The van der Waals surface area contributed by atoms with Crippen LogP contribution in [0.15, 0.2) is 40.9 Å². The molecule has 0 saturated carbocycles. The highest BCUT2D eigenvalue weighted by Gasteiger charge is 2.11. The Bertz CT molecular complexity index is 643. The molecule has 0 spiro atoms. The van der Waals surface area contributed by atoms with Gasteiger partial charge in [0.1, 0.15) is 0 Å². The largest absolute Gasteiger partial charge is 0.398 e. The van der Waals surface area contributed by atoms with Crippen molar-refractivity contribution in [3.05, 3.63) is 57.0 Å². The van der Waals surface area contributed by atoms with Gasteiger partial charge in [0, 0.05) is 10.2 Å². The van der Waals surface area contributed by atoms with Gasteiger partial charge in [-0.1, -0.05) is 33.6 Å². The summed E-state index contributed by atoms with van der Waals surface area (Å²) in [6, 6.07) is 10.6. The first-order valence-corrected chi connectivity index (χ1v) is 6.77. The second-order valence-corrected chi connectivity index (χ2v) is 5.49. The quantitative estimate of drug-likeness (QED) is 0.804. The first kappa shape index (κ1) is 13.9. The summed E-state index contributed by atoms with van der Waals surface area (Å²) in [6.07, 6.45) is 0. The maximum Gasteiger partial charge on any atom is 0.257 e. The van der Waals surface area contributed by atoms with Crippen LogP contribution in [0.4, 0.5) is 11.4 Å². The van der Waals surface area contributed by atoms with E-state index in [0.717, 1.165) is 10.0 Å². The highest BCUT2D eigenvalue weighted by atomic mass is 79.9. The van der Waals surface area contributed by atoms with E-state index in [2.05, 4.69) is 21.2 Å². The zero-order chi connectivity index (χ0) is 14.0. The monoisotopic (exact) mass is 338 g/mol. The average Bonchev–Trinajstić information content (AvgIpc) is 2.33. The van der Waals surface area contributed by atoms with Crippen molar-refractivity contribution in [1.82, 2.24) is 0 Å². The predicted molar refractivity (Wildman–Crippen MR) is 82.7 cm³/mol. The van der Waals surface area contributed by atoms with Gasteiger partial charge in [-0.05, 0) is 42.8 Å². The predicted octanol–water partition coefficient (Wildman–Crippen LogP) is 4.25. The zero-order valence-corrected chi connectivity index (χ0v) is 12.5. The number of hydrogen-bond donors (Lipinski definition) is 2. The summed E-state index contributed by atoms with van der Waals surface area (Å²) in [5, 5.41) is 3.22. The van der Waals surface area contributed by atoms with Crippen molar-refractivity contribution in [3.8, 4) is 0 Å². The molecule has 2 rings (SSSR count). The van der Waals surface area contributed by atoms with Gasteiger partial charge in [0.15, 0.2) is 0 Å². The SMILES string of the molecule is Cc1ccc(C(=O)Nc2cc(Br)ccc2Cl)c(N)c1. The lowest BCUT2D eigenvalue weighted by Crippen LogP contribution is -2.14. The molecule has 5 heteroatoms. The Morgan fingerprint density at radius 1 is 1.26 bits per heavy atom. The number of hydrogen-bond acceptors (Lipinski definition) is 2. The number of carbonyl (C=O) groups excluding carboxylic acids is 1. The van der Waals surface area contributed by atoms with E-state index in [0.29, 0.717) is 22.0 Å². The molecule has 0 bridgehead atoms. The number of nitrogens with one attached hydrogen (secondary N) is 1. The normalized spacial score (nSPS) is 10.3. The Hall–Kier alpha value is -1.52. The van der Waals surface area contributed by atoms with E-state index in [1.165, 1.54) is 0 Å². The summed E-state index contributed by atoms with van der Waals surface area (Å²) in [5.74, 6) is -0.280. The molecule has 0 heterocycles. The van der Waals surface area contributed by atoms with E-state index in [9.17, 15) is 4.79 Å². The molecule has 0 unspecified atom stereocenters. The maximum absolute atomic E-state index is 12.1. The summed E-state index contributed by atoms with van der Waals surface area (Å²) in [4.78, 5) is 12.1. The molecule has 0 aromatic heterocycles. The van der Waals surface area contributed by atoms with E-state index >= 15 is 0 Å². The number of nitrogen functional groups attached to an aromatic ring is 1. The topological polar surface area (TPSA) is 55.1 Å². The highest BCUT2D eigenvalue weighted by Crippen LogP contribution is 2.26. The van der Waals surface area contributed by atoms with Gasteiger partial charge in [0.05, 0.1) is 16.3 Å². The highest BCUT2D eigenvalue weighted by molar-refractivity contribution is 9.10. The van der Waals surface area contributed by atoms with Gasteiger partial charge in [-0.2, -0.15) is 0 Å². The zero-order valence-electron chi connectivity index (χ0n) is 10.2. The standard InChI is InChI=1S/C14H12BrClN2O/c1-8-2-4-10(12(17)6-8)14(19)18-13-7-9(15)3-5-11(13)16/h2-7H,17H2,1H3,(H,18,19). The summed E-state index contributed by atoms with van der Waals surface area (Å²) in [7, 11) is 0. The fraction of sp³-hybridized carbons (Fsp3) is 0.0714. The molecule has 0 fully saturated rings. The van der Waals surface area contributed by atoms with Crippen molar-refractivity contribution >= 4 is 44.8 Å². The van der Waals surface area contributed by atoms with E-state index in [1.807, 2.05) is 13.0 Å². The van der Waals surface area contributed by atoms with Gasteiger partial charge in [0.25, 0.3) is 5.91 Å². The number of benzene rings is 2. The van der Waals surface area contributed by atoms with Crippen molar-refractivity contribution in [2.45, 2.75) is 6.92 Å². The van der Waals surface area contributed by atoms with Crippen LogP contribution < -0.4 is 11.1 Å². The molecule has 3 N–H and O–H groups in total. The van der Waals surface area contributed by atoms with E-state index in [-0.39, 0.29) is 5.91 Å². The molecule has 0 radical (unpaired) electrons. The van der Waals surface area contributed by atoms with Crippen LogP contribution in [0.3, 0.4) is 0 Å². The Labute approximate surface area is 124 Å². The minimum Gasteiger partial charge on any atom is -0.398 e. The number of rotatable bonds is 2. The number of anilines is 2. The van der Waals surface area contributed by atoms with Gasteiger partial charge in [0.2, 0.25) is 0 Å². The first-order valence-electron chi connectivity index (χ1n) is 5.60. The Kier molecular flexibility index (Phi) is 4.12. The second-order valence-electron chi connectivity index (χ2n) is 4.17. The van der Waals surface area contributed by atoms with Gasteiger partial charge < -0.3 is 11.1 Å². The van der Waals surface area contributed by atoms with Crippen LogP contribution in [0.5, 0.6) is 0 Å². The molecule has 0 aliphatic heterocycles. The Morgan fingerprint density at radius 2 is 2.00 bits per heavy atom. The number of aryl methyl sites for hydroxylation is 1. The lowest BCUT2D eigenvalue weighted by Gasteiger charge is -2.10. The van der Waals surface area contributed by atoms with Gasteiger partial charge >= 0.3 is 0 Å². The molecule has 0 aliphatic rings. The molecule has 0 aliphatic carbocycles. The number of amides is 1. The molecule has 3 nitrogen and oxygen atoms in total. The summed E-state index contributed by atoms with van der Waals surface area (Å²) in [6.45, 7) is 1.92. The van der Waals surface area contributed by atoms with E-state index in [1.54, 1.807) is 30.3 Å². The summed E-state index contributed by atoms with van der Waals surface area (Å²) < 4.78 is 0.837. The molecular formula is C14H12BrClN2O. The minimum atomic E-state index is -0.280. The third-order valence-corrected chi connectivity index (χ3v) is 3.45. The van der Waals surface area contributed by atoms with Gasteiger partial charge in [-0.15, -0.1) is 0 Å². The van der Waals surface area contributed by atoms with Crippen molar-refractivity contribution in [2.75, 3.05) is 11.1 Å². The second kappa shape index (κ2) is 5.63. The molecule has 19 heavy (non-hydrogen) atoms. The van der Waals surface area contributed by atoms with E-state index < -0.39 is 0 Å². The van der Waals surface area contributed by atoms with Crippen LogP contribution in [0.1, 0.15) is 15.9 Å². The third-order valence-electron chi connectivity index (χ3n) is 2.63. The van der Waals surface area contributed by atoms with Crippen LogP contribution >= 0.6 is 27.5 Å². The Morgan fingerprint density at radius 3 is 2.68 bits per heavy atom. The van der Waals surface area contributed by atoms with Gasteiger partial charge in [-0.3, -0.25) is 4.79 Å². The van der Waals surface area contributed by atoms with Crippen molar-refractivity contribution < 1.29 is 4.79 Å². The van der Waals surface area contributed by atoms with Crippen molar-refractivity contribution in [1.29, 1.82) is 0 Å². The van der Waals surface area contributed by atoms with Crippen LogP contribution in [-0.2, 0) is 0 Å². The number of nitrogens with two attached hydrogens (primary N) is 1. The summed E-state index contributed by atoms with van der Waals surface area (Å²) in [5.41, 5.74) is 8.27. The molecule has 0 saturated heterocycles. The molecule has 2 aromatic carbocycles. The minimum absolute atomic E-state index is 0.280. The maximum atomic E-state index is 12.1. The lowest BCUT2D eigenvalue weighted by atomic mass is 10.1. The van der Waals surface area contributed by atoms with Crippen LogP contribution in [0.2, 0.25) is 5.02 Å². The van der Waals surface area contributed by atoms with Crippen molar-refractivity contribution in [2.24, 2.45) is 0 Å². The summed E-state index contributed by atoms with van der Waals surface area (Å²) >= 11 is 9.36. The molecule has 1 amide bonds. The fourth-order valence-corrected chi connectivity index (χ4v) is 2.20. The fourth-order valence-electron chi connectivity index (χ4n) is 1.67.